The van der Waals surface area contributed by atoms with Crippen molar-refractivity contribution in [2.75, 3.05) is 0 Å². The van der Waals surface area contributed by atoms with Gasteiger partial charge in [-0.05, 0) is 60.1 Å². The van der Waals surface area contributed by atoms with Crippen LogP contribution in [0.25, 0.3) is 44.1 Å². The van der Waals surface area contributed by atoms with Gasteiger partial charge >= 0.3 is 30.2 Å². The molecule has 0 amide bonds. The molecule has 6 rings (SSSR count). The van der Waals surface area contributed by atoms with Crippen LogP contribution in [-0.4, -0.2) is 16.8 Å². The van der Waals surface area contributed by atoms with Gasteiger partial charge in [0.25, 0.3) is 0 Å². The third kappa shape index (κ3) is 10.3. The molecule has 0 saturated heterocycles. The molecule has 2 heterocycles. The third-order valence-corrected chi connectivity index (χ3v) is 7.84. The van der Waals surface area contributed by atoms with Gasteiger partial charge in [-0.25, -0.2) is 0 Å². The number of nitrogens with zero attached hydrogens (tertiary/aromatic N) is 2. The molecule has 0 unspecified atom stereocenters. The van der Waals surface area contributed by atoms with Crippen LogP contribution in [0.2, 0.25) is 0 Å². The zero-order chi connectivity index (χ0) is 30.2. The second kappa shape index (κ2) is 20.8. The van der Waals surface area contributed by atoms with E-state index in [2.05, 4.69) is 131 Å². The number of pyridine rings is 2. The number of aryl methyl sites for hydroxylation is 2. The first-order chi connectivity index (χ1) is 20.4. The molecular weight excluding hydrogens is 699 g/mol. The van der Waals surface area contributed by atoms with Crippen molar-refractivity contribution in [1.82, 2.24) is 9.97 Å². The van der Waals surface area contributed by atoms with Gasteiger partial charge in [-0.15, -0.1) is 81.8 Å². The van der Waals surface area contributed by atoms with Crippen LogP contribution in [0.4, 0.5) is 0 Å². The zero-order valence-electron chi connectivity index (χ0n) is 28.5. The average molecular weight is 747 g/mol. The van der Waals surface area contributed by atoms with Crippen molar-refractivity contribution >= 4 is 53.2 Å². The summed E-state index contributed by atoms with van der Waals surface area (Å²) in [5, 5.41) is 5.33. The Labute approximate surface area is 307 Å². The van der Waals surface area contributed by atoms with E-state index in [-0.39, 0.29) is 39.7 Å². The standard InChI is InChI=1S/2C19H20N.2CH3.2ClH.Si.Zr/c2*1-4-14-9-16-11-15(13(2)3)12-18(17(16)10-14)19-7-5-6-8-20-19;;;;;;/h2*5-13H,4H2,1-3H3;2*1H3;2*1H;;/q4*-1;;;;. The Hall–Kier alpha value is -2.36. The Bertz CT molecular complexity index is 1610. The van der Waals surface area contributed by atoms with Gasteiger partial charge in [0.2, 0.25) is 0 Å². The summed E-state index contributed by atoms with van der Waals surface area (Å²) in [6, 6.07) is 30.7. The third-order valence-electron chi connectivity index (χ3n) is 7.84. The van der Waals surface area contributed by atoms with E-state index >= 15 is 0 Å². The molecule has 0 aliphatic heterocycles. The zero-order valence-corrected chi connectivity index (χ0v) is 33.6. The van der Waals surface area contributed by atoms with Crippen molar-refractivity contribution < 1.29 is 23.3 Å². The van der Waals surface area contributed by atoms with E-state index in [1.54, 1.807) is 0 Å². The van der Waals surface area contributed by atoms with Gasteiger partial charge in [-0.2, -0.15) is 12.1 Å². The van der Waals surface area contributed by atoms with Crippen molar-refractivity contribution in [2.24, 2.45) is 0 Å². The molecule has 4 aromatic carbocycles. The van der Waals surface area contributed by atoms with Gasteiger partial charge in [0, 0.05) is 12.4 Å². The van der Waals surface area contributed by atoms with Gasteiger partial charge in [0.15, 0.2) is 0 Å². The van der Waals surface area contributed by atoms with Gasteiger partial charge in [0.1, 0.15) is 0 Å². The van der Waals surface area contributed by atoms with Gasteiger partial charge in [0.05, 0.1) is 11.4 Å². The molecule has 2 nitrogen and oxygen atoms in total. The number of rotatable bonds is 6. The van der Waals surface area contributed by atoms with E-state index < -0.39 is 0 Å². The number of halogens is 2. The molecule has 2 radical (unpaired) electrons. The molecule has 0 aliphatic carbocycles. The molecule has 0 saturated carbocycles. The van der Waals surface area contributed by atoms with Gasteiger partial charge in [-0.3, -0.25) is 9.97 Å². The number of aromatic nitrogens is 2. The van der Waals surface area contributed by atoms with Crippen molar-refractivity contribution in [3.63, 3.8) is 0 Å². The Kier molecular flexibility index (Phi) is 19.7. The average Bonchev–Trinajstić information content (AvgIpc) is 3.66. The molecule has 46 heavy (non-hydrogen) atoms. The first-order valence-electron chi connectivity index (χ1n) is 14.9. The quantitative estimate of drug-likeness (QED) is 0.125. The van der Waals surface area contributed by atoms with E-state index in [0.29, 0.717) is 11.8 Å². The molecule has 0 atom stereocenters. The van der Waals surface area contributed by atoms with Crippen molar-refractivity contribution in [3.8, 4) is 22.5 Å². The summed E-state index contributed by atoms with van der Waals surface area (Å²) in [5.41, 5.74) is 10.2. The van der Waals surface area contributed by atoms with Crippen LogP contribution in [-0.2, 0) is 36.2 Å². The van der Waals surface area contributed by atoms with Crippen LogP contribution in [0, 0.1) is 14.9 Å². The number of hydrogen-bond acceptors (Lipinski definition) is 2. The molecule has 6 aromatic rings. The summed E-state index contributed by atoms with van der Waals surface area (Å²) < 4.78 is 0. The van der Waals surface area contributed by atoms with Crippen LogP contribution >= 0.6 is 24.8 Å². The summed E-state index contributed by atoms with van der Waals surface area (Å²) in [7, 11) is 0. The maximum absolute atomic E-state index is 4.53. The summed E-state index contributed by atoms with van der Waals surface area (Å²) in [4.78, 5) is 9.07. The predicted octanol–water partition coefficient (Wildman–Crippen LogP) is 12.0. The van der Waals surface area contributed by atoms with Crippen LogP contribution in [0.15, 0.2) is 97.3 Å². The van der Waals surface area contributed by atoms with E-state index in [1.807, 2.05) is 24.5 Å². The monoisotopic (exact) mass is 744 g/mol. The van der Waals surface area contributed by atoms with E-state index in [1.165, 1.54) is 78.3 Å². The van der Waals surface area contributed by atoms with E-state index in [0.717, 1.165) is 24.2 Å². The minimum absolute atomic E-state index is 0. The Balaban J connectivity index is 0.000000772. The number of fused-ring (bicyclic) bond motifs is 2. The fraction of sp³-hybridized carbons (Fsp3) is 0.250. The molecule has 0 aliphatic rings. The molecule has 244 valence electrons. The fourth-order valence-electron chi connectivity index (χ4n) is 5.36. The van der Waals surface area contributed by atoms with Crippen LogP contribution in [0.5, 0.6) is 0 Å². The van der Waals surface area contributed by atoms with Crippen molar-refractivity contribution in [1.29, 1.82) is 0 Å². The Morgan fingerprint density at radius 2 is 0.978 bits per heavy atom. The topological polar surface area (TPSA) is 25.8 Å². The summed E-state index contributed by atoms with van der Waals surface area (Å²) in [6.07, 6.45) is 5.89. The second-order valence-electron chi connectivity index (χ2n) is 11.3. The Morgan fingerprint density at radius 3 is 1.26 bits per heavy atom. The van der Waals surface area contributed by atoms with Crippen LogP contribution < -0.4 is 0 Å². The summed E-state index contributed by atoms with van der Waals surface area (Å²) in [5.74, 6) is 1.06. The SMILES string of the molecule is CCc1cc2c(-c3ccccn3)cc(C(C)C)cc2[cH-]1.CCc1cc2c(-c3ccccn3)cc(C(C)C)cc2[cH-]1.Cl.Cl.[CH3-].[CH3-].[Si]=[Zr]. The van der Waals surface area contributed by atoms with Gasteiger partial charge in [-0.1, -0.05) is 76.9 Å². The molecule has 0 N–H and O–H groups in total. The maximum atomic E-state index is 4.53. The number of hydrogen-bond donors (Lipinski definition) is 0. The fourth-order valence-corrected chi connectivity index (χ4v) is 5.36. The molecule has 0 fully saturated rings. The first kappa shape index (κ1) is 43.6. The van der Waals surface area contributed by atoms with Crippen LogP contribution in [0.1, 0.15) is 75.6 Å². The summed E-state index contributed by atoms with van der Waals surface area (Å²) in [6.45, 7) is 16.4. The molecule has 0 spiro atoms. The predicted molar refractivity (Wildman–Crippen MR) is 206 cm³/mol. The Morgan fingerprint density at radius 1 is 0.609 bits per heavy atom. The van der Waals surface area contributed by atoms with E-state index in [4.69, 9.17) is 0 Å². The van der Waals surface area contributed by atoms with Crippen molar-refractivity contribution in [3.05, 3.63) is 134 Å². The first-order valence-corrected chi connectivity index (χ1v) is 19.1. The molecule has 2 aromatic heterocycles. The van der Waals surface area contributed by atoms with Crippen molar-refractivity contribution in [2.45, 2.75) is 66.2 Å². The van der Waals surface area contributed by atoms with Crippen LogP contribution in [0.3, 0.4) is 0 Å². The number of benzene rings is 2. The minimum atomic E-state index is 0. The molecular formula is C40H48Cl2N2SiZr-4. The summed E-state index contributed by atoms with van der Waals surface area (Å²) >= 11 is 1.36. The van der Waals surface area contributed by atoms with Gasteiger partial charge < -0.3 is 14.9 Å². The van der Waals surface area contributed by atoms with E-state index in [9.17, 15) is 0 Å². The molecule has 6 heteroatoms. The molecule has 0 bridgehead atoms. The normalized spacial score (nSPS) is 9.98. The second-order valence-corrected chi connectivity index (χ2v) is 11.3.